The first-order chi connectivity index (χ1) is 10.3. The van der Waals surface area contributed by atoms with Crippen molar-refractivity contribution in [1.82, 2.24) is 0 Å². The Morgan fingerprint density at radius 2 is 1.56 bits per heavy atom. The van der Waals surface area contributed by atoms with Gasteiger partial charge in [0.2, 0.25) is 0 Å². The Labute approximate surface area is 179 Å². The summed E-state index contributed by atoms with van der Waals surface area (Å²) in [6.07, 6.45) is 5.45. The topological polar surface area (TPSA) is 23.8 Å². The van der Waals surface area contributed by atoms with E-state index in [9.17, 15) is 0 Å². The van der Waals surface area contributed by atoms with Crippen molar-refractivity contribution in [1.29, 1.82) is 0 Å². The summed E-state index contributed by atoms with van der Waals surface area (Å²) in [5.74, 6) is 0. The average Bonchev–Trinajstić information content (AvgIpc) is 2.84. The number of halogens is 2. The number of hydrogen-bond donors (Lipinski definition) is 0. The van der Waals surface area contributed by atoms with Crippen molar-refractivity contribution in [3.8, 4) is 0 Å². The van der Waals surface area contributed by atoms with E-state index in [2.05, 4.69) is 62.4 Å². The third-order valence-corrected chi connectivity index (χ3v) is 3.53. The van der Waals surface area contributed by atoms with Crippen LogP contribution in [0.2, 0.25) is 0 Å². The van der Waals surface area contributed by atoms with E-state index in [0.29, 0.717) is 0 Å². The van der Waals surface area contributed by atoms with E-state index in [1.807, 2.05) is 20.8 Å². The first-order valence-electron chi connectivity index (χ1n) is 7.73. The molecule has 0 saturated heterocycles. The predicted octanol–water partition coefficient (Wildman–Crippen LogP) is 7.43. The Balaban J connectivity index is 0. The van der Waals surface area contributed by atoms with Gasteiger partial charge in [-0.2, -0.15) is 12.5 Å². The Morgan fingerprint density at radius 3 is 2.08 bits per heavy atom. The minimum Gasteiger partial charge on any atom is -0.673 e. The van der Waals surface area contributed by atoms with Crippen LogP contribution in [0.3, 0.4) is 0 Å². The van der Waals surface area contributed by atoms with Gasteiger partial charge in [-0.05, 0) is 13.3 Å². The number of hydrogen-bond acceptors (Lipinski definition) is 0. The second-order valence-corrected chi connectivity index (χ2v) is 6.83. The molecule has 0 amide bonds. The van der Waals surface area contributed by atoms with Gasteiger partial charge in [-0.15, -0.1) is 53.4 Å². The molecule has 0 spiro atoms. The van der Waals surface area contributed by atoms with E-state index in [1.54, 1.807) is 0 Å². The number of fused-ring (bicyclic) bond motifs is 1. The summed E-state index contributed by atoms with van der Waals surface area (Å²) < 4.78 is 0. The van der Waals surface area contributed by atoms with Gasteiger partial charge in [0.1, 0.15) is 0 Å². The second-order valence-electron chi connectivity index (χ2n) is 6.83. The maximum absolute atomic E-state index is 6.94. The van der Waals surface area contributed by atoms with E-state index in [-0.39, 0.29) is 52.1 Å². The van der Waals surface area contributed by atoms with Crippen LogP contribution in [0.25, 0.3) is 22.1 Å². The van der Waals surface area contributed by atoms with Gasteiger partial charge in [0.25, 0.3) is 0 Å². The molecule has 134 valence electrons. The zero-order valence-electron chi connectivity index (χ0n) is 15.3. The van der Waals surface area contributed by atoms with Gasteiger partial charge in [0.05, 0.1) is 0 Å². The molecule has 1 aliphatic rings. The van der Waals surface area contributed by atoms with Crippen LogP contribution in [-0.4, -0.2) is 5.54 Å². The number of rotatable bonds is 1. The molecule has 0 bridgehead atoms. The third kappa shape index (κ3) is 7.60. The summed E-state index contributed by atoms with van der Waals surface area (Å²) >= 11 is 0. The minimum atomic E-state index is -0.250. The molecule has 0 radical (unpaired) electrons. The van der Waals surface area contributed by atoms with Crippen molar-refractivity contribution in [2.75, 3.05) is 0 Å². The van der Waals surface area contributed by atoms with Gasteiger partial charge in [-0.1, -0.05) is 73.7 Å². The Hall–Kier alpha value is -0.696. The summed E-state index contributed by atoms with van der Waals surface area (Å²) in [7, 11) is 0. The first kappa shape index (κ1) is 26.5. The van der Waals surface area contributed by atoms with Crippen LogP contribution in [0.1, 0.15) is 45.2 Å². The molecule has 2 aromatic carbocycles. The van der Waals surface area contributed by atoms with Gasteiger partial charge in [0, 0.05) is 0 Å². The summed E-state index contributed by atoms with van der Waals surface area (Å²) in [5, 5.41) is 2.53. The molecule has 25 heavy (non-hydrogen) atoms. The first-order valence-corrected chi connectivity index (χ1v) is 7.73. The molecule has 1 nitrogen and oxygen atoms in total. The number of nitrogens with one attached hydrogen (secondary N) is 1. The van der Waals surface area contributed by atoms with Crippen LogP contribution < -0.4 is 0 Å². The van der Waals surface area contributed by atoms with E-state index in [1.165, 1.54) is 27.5 Å². The van der Waals surface area contributed by atoms with Crippen molar-refractivity contribution in [3.63, 3.8) is 0 Å². The van der Waals surface area contributed by atoms with Crippen LogP contribution in [0.15, 0.2) is 54.1 Å². The van der Waals surface area contributed by atoms with E-state index in [0.717, 1.165) is 12.0 Å². The molecule has 0 heterocycles. The molecule has 1 aliphatic carbocycles. The zero-order valence-corrected chi connectivity index (χ0v) is 18.5. The molecule has 0 unspecified atom stereocenters. The Morgan fingerprint density at radius 1 is 1.00 bits per heavy atom. The number of allylic oxidation sites excluding steroid dienone is 4. The minimum absolute atomic E-state index is 0. The van der Waals surface area contributed by atoms with Crippen molar-refractivity contribution in [2.24, 2.45) is 0 Å². The van der Waals surface area contributed by atoms with Crippen LogP contribution >= 0.6 is 24.8 Å². The molecule has 0 aliphatic heterocycles. The SMILES string of the molecule is CC(C)(C)[NH-].Cl.Cl.[CH2-]c1c(C2=C(C)C=CC2)ccc2ccccc12.[Ti+2]. The average molecular weight is 412 g/mol. The fourth-order valence-corrected chi connectivity index (χ4v) is 2.56. The standard InChI is InChI=1S/C17H15.C4H10N.2ClH.Ti/c1-12-6-5-9-15(12)17-11-10-14-7-3-4-8-16(14)13(17)2;1-4(2,3)5;;;/h3-8,10-11H,2,9H2,1H3;5H,1-3H3;2*1H;/q2*-1;;;+2. The van der Waals surface area contributed by atoms with E-state index in [4.69, 9.17) is 5.73 Å². The molecule has 0 atom stereocenters. The van der Waals surface area contributed by atoms with Gasteiger partial charge in [-0.3, -0.25) is 0 Å². The molecular weight excluding hydrogens is 385 g/mol. The van der Waals surface area contributed by atoms with E-state index < -0.39 is 0 Å². The summed E-state index contributed by atoms with van der Waals surface area (Å²) in [6.45, 7) is 12.0. The van der Waals surface area contributed by atoms with Crippen LogP contribution in [0, 0.1) is 6.92 Å². The Bertz CT molecular complexity index is 737. The maximum atomic E-state index is 6.94. The molecule has 0 saturated carbocycles. The molecule has 1 N–H and O–H groups in total. The molecule has 0 fully saturated rings. The quantitative estimate of drug-likeness (QED) is 0.344. The maximum Gasteiger partial charge on any atom is 2.00 e. The van der Waals surface area contributed by atoms with Crippen molar-refractivity contribution < 1.29 is 21.7 Å². The second kappa shape index (κ2) is 11.1. The summed E-state index contributed by atoms with van der Waals surface area (Å²) in [6, 6.07) is 12.8. The zero-order chi connectivity index (χ0) is 16.3. The third-order valence-electron chi connectivity index (χ3n) is 3.53. The molecule has 4 heteroatoms. The largest absolute Gasteiger partial charge is 2.00 e. The van der Waals surface area contributed by atoms with Crippen LogP contribution in [0.5, 0.6) is 0 Å². The van der Waals surface area contributed by atoms with Crippen molar-refractivity contribution >= 4 is 41.2 Å². The van der Waals surface area contributed by atoms with E-state index >= 15 is 0 Å². The number of benzene rings is 2. The molecule has 2 aromatic rings. The summed E-state index contributed by atoms with van der Waals surface area (Å²) in [5.41, 5.74) is 11.9. The smallest absolute Gasteiger partial charge is 0.673 e. The van der Waals surface area contributed by atoms with Crippen LogP contribution in [-0.2, 0) is 21.7 Å². The predicted molar refractivity (Wildman–Crippen MR) is 113 cm³/mol. The fourth-order valence-electron chi connectivity index (χ4n) is 2.56. The van der Waals surface area contributed by atoms with Gasteiger partial charge >= 0.3 is 21.7 Å². The van der Waals surface area contributed by atoms with Gasteiger partial charge in [0.15, 0.2) is 0 Å². The van der Waals surface area contributed by atoms with Crippen LogP contribution in [0.4, 0.5) is 0 Å². The monoisotopic (exact) mass is 411 g/mol. The molecule has 3 rings (SSSR count). The van der Waals surface area contributed by atoms with Gasteiger partial charge < -0.3 is 5.73 Å². The van der Waals surface area contributed by atoms with Crippen molar-refractivity contribution in [2.45, 2.75) is 39.7 Å². The van der Waals surface area contributed by atoms with Crippen molar-refractivity contribution in [3.05, 3.63) is 77.9 Å². The summed E-state index contributed by atoms with van der Waals surface area (Å²) in [4.78, 5) is 0. The Kier molecular flexibility index (Phi) is 11.8. The van der Waals surface area contributed by atoms with Gasteiger partial charge in [-0.25, -0.2) is 0 Å². The molecule has 0 aromatic heterocycles. The normalized spacial score (nSPS) is 12.5. The molecular formula is C21H27Cl2NTi. The fraction of sp³-hybridized carbons (Fsp3) is 0.286.